The monoisotopic (exact) mass is 546 g/mol. The molecule has 0 unspecified atom stereocenters. The lowest BCUT2D eigenvalue weighted by Gasteiger charge is -2.26. The molecule has 1 fully saturated rings. The molecule has 2 atom stereocenters. The first-order valence-electron chi connectivity index (χ1n) is 11.2. The van der Waals surface area contributed by atoms with Crippen molar-refractivity contribution in [3.63, 3.8) is 0 Å². The summed E-state index contributed by atoms with van der Waals surface area (Å²) in [6.45, 7) is 3.54. The third kappa shape index (κ3) is 4.72. The smallest absolute Gasteiger partial charge is 0.221 e. The molecule has 35 heavy (non-hydrogen) atoms. The first-order valence-corrected chi connectivity index (χ1v) is 12.4. The van der Waals surface area contributed by atoms with E-state index >= 15 is 0 Å². The summed E-state index contributed by atoms with van der Waals surface area (Å²) in [5.41, 5.74) is 4.63. The molecule has 4 aromatic rings. The van der Waals surface area contributed by atoms with Crippen LogP contribution < -0.4 is 15.5 Å². The largest absolute Gasteiger partial charge is 0.459 e. The number of hydrogen-bond donors (Lipinski definition) is 2. The quantitative estimate of drug-likeness (QED) is 0.276. The summed E-state index contributed by atoms with van der Waals surface area (Å²) in [4.78, 5) is 18.1. The summed E-state index contributed by atoms with van der Waals surface area (Å²) in [7, 11) is 0. The Morgan fingerprint density at radius 3 is 2.60 bits per heavy atom. The van der Waals surface area contributed by atoms with E-state index in [-0.39, 0.29) is 18.0 Å². The van der Waals surface area contributed by atoms with Crippen LogP contribution in [0.3, 0.4) is 0 Å². The fourth-order valence-corrected chi connectivity index (χ4v) is 5.34. The molecule has 0 aliphatic carbocycles. The summed E-state index contributed by atoms with van der Waals surface area (Å²) in [6, 6.07) is 23.1. The average molecular weight is 547 g/mol. The van der Waals surface area contributed by atoms with Gasteiger partial charge in [0.25, 0.3) is 0 Å². The molecule has 2 N–H and O–H groups in total. The van der Waals surface area contributed by atoms with E-state index in [1.165, 1.54) is 12.5 Å². The van der Waals surface area contributed by atoms with Crippen LogP contribution in [-0.4, -0.2) is 16.0 Å². The maximum absolute atomic E-state index is 11.4. The lowest BCUT2D eigenvalue weighted by molar-refractivity contribution is -0.114. The van der Waals surface area contributed by atoms with Crippen LogP contribution in [0.1, 0.15) is 36.0 Å². The number of benzene rings is 2. The van der Waals surface area contributed by atoms with Crippen molar-refractivity contribution in [1.82, 2.24) is 10.3 Å². The van der Waals surface area contributed by atoms with Gasteiger partial charge in [0.05, 0.1) is 11.7 Å². The predicted molar refractivity (Wildman–Crippen MR) is 145 cm³/mol. The maximum Gasteiger partial charge on any atom is 0.221 e. The van der Waals surface area contributed by atoms with Crippen LogP contribution in [0.4, 0.5) is 11.4 Å². The van der Waals surface area contributed by atoms with Gasteiger partial charge in [-0.3, -0.25) is 9.78 Å². The SMILES string of the molecule is CC(=O)Nc1ccc(N2C(=S)N[C@H](c3ccccn3)[C@@H]2c2ccc(-c3ccc(C)cc3Br)o2)cc1. The van der Waals surface area contributed by atoms with Crippen molar-refractivity contribution in [2.24, 2.45) is 0 Å². The summed E-state index contributed by atoms with van der Waals surface area (Å²) < 4.78 is 7.42. The molecule has 1 aliphatic rings. The van der Waals surface area contributed by atoms with Gasteiger partial charge in [-0.15, -0.1) is 0 Å². The first-order chi connectivity index (χ1) is 16.9. The van der Waals surface area contributed by atoms with Crippen LogP contribution in [0.15, 0.2) is 87.9 Å². The summed E-state index contributed by atoms with van der Waals surface area (Å²) in [6.07, 6.45) is 1.78. The zero-order valence-electron chi connectivity index (χ0n) is 19.2. The van der Waals surface area contributed by atoms with Crippen molar-refractivity contribution in [1.29, 1.82) is 0 Å². The van der Waals surface area contributed by atoms with E-state index < -0.39 is 0 Å². The molecule has 0 spiro atoms. The van der Waals surface area contributed by atoms with Crippen LogP contribution >= 0.6 is 28.1 Å². The number of rotatable bonds is 5. The lowest BCUT2D eigenvalue weighted by atomic mass is 10.0. The number of furan rings is 1. The molecule has 5 rings (SSSR count). The van der Waals surface area contributed by atoms with Crippen molar-refractivity contribution in [3.8, 4) is 11.3 Å². The number of anilines is 2. The van der Waals surface area contributed by atoms with Gasteiger partial charge in [0.2, 0.25) is 5.91 Å². The number of nitrogens with zero attached hydrogens (tertiary/aromatic N) is 2. The molecule has 3 heterocycles. The number of nitrogens with one attached hydrogen (secondary N) is 2. The zero-order valence-corrected chi connectivity index (χ0v) is 21.6. The summed E-state index contributed by atoms with van der Waals surface area (Å²) >= 11 is 9.45. The van der Waals surface area contributed by atoms with E-state index in [1.54, 1.807) is 6.20 Å². The van der Waals surface area contributed by atoms with Gasteiger partial charge in [0, 0.05) is 34.5 Å². The van der Waals surface area contributed by atoms with E-state index in [2.05, 4.69) is 50.6 Å². The Morgan fingerprint density at radius 1 is 1.11 bits per heavy atom. The molecular weight excluding hydrogens is 524 g/mol. The highest BCUT2D eigenvalue weighted by atomic mass is 79.9. The molecule has 0 radical (unpaired) electrons. The van der Waals surface area contributed by atoms with Gasteiger partial charge < -0.3 is 20.0 Å². The third-order valence-corrected chi connectivity index (χ3v) is 6.84. The minimum atomic E-state index is -0.262. The predicted octanol–water partition coefficient (Wildman–Crippen LogP) is 6.55. The van der Waals surface area contributed by atoms with Crippen LogP contribution in [0.2, 0.25) is 0 Å². The van der Waals surface area contributed by atoms with Gasteiger partial charge in [-0.25, -0.2) is 0 Å². The van der Waals surface area contributed by atoms with E-state index in [4.69, 9.17) is 16.6 Å². The highest BCUT2D eigenvalue weighted by Crippen LogP contribution is 2.43. The number of pyridine rings is 1. The molecular formula is C27H23BrN4O2S. The standard InChI is InChI=1S/C27H23BrN4O2S/c1-16-6-11-20(21(28)15-16)23-12-13-24(34-23)26-25(22-5-3-4-14-29-22)31-27(35)32(26)19-9-7-18(8-10-19)30-17(2)33/h3-15,25-26H,1-2H3,(H,30,33)(H,31,35)/t25-,26+/m1/s1. The van der Waals surface area contributed by atoms with Gasteiger partial charge in [0.15, 0.2) is 5.11 Å². The Kier molecular flexibility index (Phi) is 6.40. The Morgan fingerprint density at radius 2 is 1.91 bits per heavy atom. The molecule has 6 nitrogen and oxygen atoms in total. The minimum Gasteiger partial charge on any atom is -0.459 e. The topological polar surface area (TPSA) is 70.4 Å². The highest BCUT2D eigenvalue weighted by molar-refractivity contribution is 9.10. The molecule has 1 saturated heterocycles. The number of carbonyl (C=O) groups excluding carboxylic acids is 1. The van der Waals surface area contributed by atoms with Crippen LogP contribution in [-0.2, 0) is 4.79 Å². The van der Waals surface area contributed by atoms with Gasteiger partial charge in [0.1, 0.15) is 17.6 Å². The second kappa shape index (κ2) is 9.64. The van der Waals surface area contributed by atoms with Crippen LogP contribution in [0.5, 0.6) is 0 Å². The van der Waals surface area contributed by atoms with Crippen molar-refractivity contribution in [3.05, 3.63) is 100 Å². The van der Waals surface area contributed by atoms with Crippen molar-refractivity contribution >= 4 is 50.5 Å². The Hall–Kier alpha value is -3.49. The molecule has 0 bridgehead atoms. The van der Waals surface area contributed by atoms with Gasteiger partial charge in [-0.1, -0.05) is 28.1 Å². The Labute approximate surface area is 217 Å². The second-order valence-electron chi connectivity index (χ2n) is 8.41. The van der Waals surface area contributed by atoms with E-state index in [0.29, 0.717) is 5.11 Å². The fourth-order valence-electron chi connectivity index (χ4n) is 4.31. The fraction of sp³-hybridized carbons (Fsp3) is 0.148. The molecule has 1 aliphatic heterocycles. The molecule has 0 saturated carbocycles. The molecule has 2 aromatic heterocycles. The van der Waals surface area contributed by atoms with Crippen molar-refractivity contribution in [2.45, 2.75) is 25.9 Å². The van der Waals surface area contributed by atoms with Gasteiger partial charge in [-0.05, 0) is 85.4 Å². The molecule has 176 valence electrons. The van der Waals surface area contributed by atoms with E-state index in [1.807, 2.05) is 65.6 Å². The number of carbonyl (C=O) groups is 1. The van der Waals surface area contributed by atoms with Gasteiger partial charge in [-0.2, -0.15) is 0 Å². The maximum atomic E-state index is 11.4. The van der Waals surface area contributed by atoms with Gasteiger partial charge >= 0.3 is 0 Å². The molecule has 2 aromatic carbocycles. The number of thiocarbonyl (C=S) groups is 1. The van der Waals surface area contributed by atoms with E-state index in [9.17, 15) is 4.79 Å². The van der Waals surface area contributed by atoms with E-state index in [0.717, 1.165) is 38.6 Å². The third-order valence-electron chi connectivity index (χ3n) is 5.87. The average Bonchev–Trinajstić information content (AvgIpc) is 3.44. The number of aromatic nitrogens is 1. The van der Waals surface area contributed by atoms with Crippen molar-refractivity contribution < 1.29 is 9.21 Å². The lowest BCUT2D eigenvalue weighted by Crippen LogP contribution is -2.29. The number of halogens is 1. The summed E-state index contributed by atoms with van der Waals surface area (Å²) in [5, 5.41) is 6.82. The normalized spacial score (nSPS) is 17.3. The minimum absolute atomic E-state index is 0.116. The number of aryl methyl sites for hydroxylation is 1. The molecule has 1 amide bonds. The Bertz CT molecular complexity index is 1390. The van der Waals surface area contributed by atoms with Crippen LogP contribution in [0.25, 0.3) is 11.3 Å². The number of hydrogen-bond acceptors (Lipinski definition) is 4. The number of amides is 1. The molecule has 8 heteroatoms. The van der Waals surface area contributed by atoms with Crippen LogP contribution in [0, 0.1) is 6.92 Å². The second-order valence-corrected chi connectivity index (χ2v) is 9.65. The highest BCUT2D eigenvalue weighted by Gasteiger charge is 2.42. The first kappa shape index (κ1) is 23.3. The van der Waals surface area contributed by atoms with Crippen molar-refractivity contribution in [2.75, 3.05) is 10.2 Å². The zero-order chi connectivity index (χ0) is 24.5. The summed E-state index contributed by atoms with van der Waals surface area (Å²) in [5.74, 6) is 1.42. The Balaban J connectivity index is 1.56.